The van der Waals surface area contributed by atoms with Crippen LogP contribution in [0.25, 0.3) is 0 Å². The monoisotopic (exact) mass is 405 g/mol. The van der Waals surface area contributed by atoms with Crippen LogP contribution in [-0.2, 0) is 24.0 Å². The largest absolute Gasteiger partial charge is 0.480 e. The Labute approximate surface area is 161 Å². The van der Waals surface area contributed by atoms with Crippen molar-refractivity contribution < 1.29 is 34.2 Å². The van der Waals surface area contributed by atoms with Crippen LogP contribution in [0.15, 0.2) is 0 Å². The van der Waals surface area contributed by atoms with E-state index in [1.54, 1.807) is 6.92 Å². The summed E-state index contributed by atoms with van der Waals surface area (Å²) in [5, 5.41) is 21.9. The molecule has 0 saturated carbocycles. The zero-order valence-electron chi connectivity index (χ0n) is 15.4. The lowest BCUT2D eigenvalue weighted by molar-refractivity contribution is -0.139. The van der Waals surface area contributed by atoms with Crippen molar-refractivity contribution in [1.29, 1.82) is 0 Å². The molecule has 0 bridgehead atoms. The summed E-state index contributed by atoms with van der Waals surface area (Å²) in [6, 6.07) is -2.20. The quantitative estimate of drug-likeness (QED) is 0.251. The SMILES string of the molecule is CCC(=O)CC(C)SC[C@H](NC(=O)CC[C@H](N)C(=O)O)C(=O)NCC(=O)O. The van der Waals surface area contributed by atoms with E-state index in [1.807, 2.05) is 6.92 Å². The van der Waals surface area contributed by atoms with E-state index in [2.05, 4.69) is 10.6 Å². The Balaban J connectivity index is 4.74. The Kier molecular flexibility index (Phi) is 12.1. The molecule has 0 spiro atoms. The zero-order chi connectivity index (χ0) is 21.0. The Morgan fingerprint density at radius 1 is 1.15 bits per heavy atom. The maximum Gasteiger partial charge on any atom is 0.322 e. The molecule has 0 aliphatic rings. The summed E-state index contributed by atoms with van der Waals surface area (Å²) in [6.45, 7) is 2.98. The predicted molar refractivity (Wildman–Crippen MR) is 99.3 cm³/mol. The van der Waals surface area contributed by atoms with Crippen molar-refractivity contribution >= 4 is 41.3 Å². The summed E-state index contributed by atoms with van der Waals surface area (Å²) in [5.74, 6) is -3.48. The summed E-state index contributed by atoms with van der Waals surface area (Å²) in [5.41, 5.74) is 5.33. The Morgan fingerprint density at radius 2 is 1.78 bits per heavy atom. The number of ketones is 1. The fourth-order valence-electron chi connectivity index (χ4n) is 1.93. The van der Waals surface area contributed by atoms with Crippen LogP contribution < -0.4 is 16.4 Å². The molecule has 0 aromatic carbocycles. The summed E-state index contributed by atoms with van der Waals surface area (Å²) >= 11 is 1.30. The molecule has 154 valence electrons. The molecule has 0 aliphatic carbocycles. The Morgan fingerprint density at radius 3 is 2.30 bits per heavy atom. The first-order valence-corrected chi connectivity index (χ1v) is 9.52. The number of nitrogens with one attached hydrogen (secondary N) is 2. The van der Waals surface area contributed by atoms with Gasteiger partial charge < -0.3 is 26.6 Å². The zero-order valence-corrected chi connectivity index (χ0v) is 16.2. The average molecular weight is 405 g/mol. The van der Waals surface area contributed by atoms with Gasteiger partial charge in [-0.2, -0.15) is 11.8 Å². The highest BCUT2D eigenvalue weighted by molar-refractivity contribution is 7.99. The number of thioether (sulfide) groups is 1. The van der Waals surface area contributed by atoms with Gasteiger partial charge in [0.15, 0.2) is 0 Å². The lowest BCUT2D eigenvalue weighted by Crippen LogP contribution is -2.49. The van der Waals surface area contributed by atoms with Gasteiger partial charge in [-0.25, -0.2) is 0 Å². The molecule has 10 nitrogen and oxygen atoms in total. The fraction of sp³-hybridized carbons (Fsp3) is 0.688. The third-order valence-electron chi connectivity index (χ3n) is 3.52. The van der Waals surface area contributed by atoms with E-state index in [1.165, 1.54) is 11.8 Å². The second-order valence-electron chi connectivity index (χ2n) is 5.96. The first kappa shape index (κ1) is 24.9. The molecule has 3 atom stereocenters. The number of carbonyl (C=O) groups is 5. The molecule has 0 aromatic rings. The second-order valence-corrected chi connectivity index (χ2v) is 7.43. The van der Waals surface area contributed by atoms with Crippen molar-refractivity contribution in [3.05, 3.63) is 0 Å². The number of hydrogen-bond donors (Lipinski definition) is 5. The second kappa shape index (κ2) is 13.1. The maximum atomic E-state index is 12.1. The van der Waals surface area contributed by atoms with Crippen LogP contribution in [0, 0.1) is 0 Å². The van der Waals surface area contributed by atoms with Crippen molar-refractivity contribution in [2.24, 2.45) is 5.73 Å². The summed E-state index contributed by atoms with van der Waals surface area (Å²) < 4.78 is 0. The molecule has 11 heteroatoms. The number of Topliss-reactive ketones (excluding diaryl/α,β-unsaturated/α-hetero) is 1. The third kappa shape index (κ3) is 12.0. The molecule has 1 unspecified atom stereocenters. The van der Waals surface area contributed by atoms with Crippen LogP contribution in [0.1, 0.15) is 39.5 Å². The van der Waals surface area contributed by atoms with Crippen molar-refractivity contribution in [3.8, 4) is 0 Å². The van der Waals surface area contributed by atoms with Crippen molar-refractivity contribution in [2.45, 2.75) is 56.9 Å². The van der Waals surface area contributed by atoms with Gasteiger partial charge >= 0.3 is 11.9 Å². The standard InChI is InChI=1S/C16H27N3O7S/c1-3-10(20)6-9(2)27-8-12(15(24)18-7-14(22)23)19-13(21)5-4-11(17)16(25)26/h9,11-12H,3-8,17H2,1-2H3,(H,18,24)(H,19,21)(H,22,23)(H,25,26)/t9?,11-,12-/m0/s1. The van der Waals surface area contributed by atoms with E-state index in [9.17, 15) is 24.0 Å². The molecule has 0 heterocycles. The molecule has 0 rings (SSSR count). The highest BCUT2D eigenvalue weighted by Crippen LogP contribution is 2.16. The van der Waals surface area contributed by atoms with E-state index >= 15 is 0 Å². The number of hydrogen-bond acceptors (Lipinski definition) is 7. The molecular formula is C16H27N3O7S. The van der Waals surface area contributed by atoms with Crippen molar-refractivity contribution in [3.63, 3.8) is 0 Å². The molecule has 0 saturated heterocycles. The maximum absolute atomic E-state index is 12.1. The van der Waals surface area contributed by atoms with Gasteiger partial charge in [0.1, 0.15) is 24.4 Å². The van der Waals surface area contributed by atoms with E-state index < -0.39 is 42.4 Å². The van der Waals surface area contributed by atoms with Gasteiger partial charge in [-0.15, -0.1) is 0 Å². The van der Waals surface area contributed by atoms with Crippen LogP contribution in [0.2, 0.25) is 0 Å². The van der Waals surface area contributed by atoms with Crippen molar-refractivity contribution in [2.75, 3.05) is 12.3 Å². The van der Waals surface area contributed by atoms with Crippen LogP contribution in [0.5, 0.6) is 0 Å². The smallest absolute Gasteiger partial charge is 0.322 e. The topological polar surface area (TPSA) is 176 Å². The first-order valence-electron chi connectivity index (χ1n) is 8.47. The van der Waals surface area contributed by atoms with Gasteiger partial charge in [0.25, 0.3) is 0 Å². The average Bonchev–Trinajstić information content (AvgIpc) is 2.60. The lowest BCUT2D eigenvalue weighted by atomic mass is 10.1. The molecule has 6 N–H and O–H groups in total. The third-order valence-corrected chi connectivity index (χ3v) is 4.78. The molecular weight excluding hydrogens is 378 g/mol. The van der Waals surface area contributed by atoms with Crippen molar-refractivity contribution in [1.82, 2.24) is 10.6 Å². The minimum absolute atomic E-state index is 0.0774. The van der Waals surface area contributed by atoms with Gasteiger partial charge in [0, 0.05) is 30.3 Å². The van der Waals surface area contributed by atoms with Crippen LogP contribution >= 0.6 is 11.8 Å². The van der Waals surface area contributed by atoms with Crippen LogP contribution in [0.3, 0.4) is 0 Å². The molecule has 27 heavy (non-hydrogen) atoms. The van der Waals surface area contributed by atoms with E-state index in [0.717, 1.165) is 0 Å². The first-order chi connectivity index (χ1) is 12.6. The van der Waals surface area contributed by atoms with E-state index in [0.29, 0.717) is 12.8 Å². The normalized spacial score (nSPS) is 13.9. The van der Waals surface area contributed by atoms with Crippen LogP contribution in [-0.4, -0.2) is 69.4 Å². The summed E-state index contributed by atoms with van der Waals surface area (Å²) in [6.07, 6.45) is 0.448. The number of nitrogens with two attached hydrogens (primary N) is 1. The highest BCUT2D eigenvalue weighted by atomic mass is 32.2. The molecule has 0 aromatic heterocycles. The fourth-order valence-corrected chi connectivity index (χ4v) is 2.99. The van der Waals surface area contributed by atoms with Gasteiger partial charge in [0.2, 0.25) is 11.8 Å². The van der Waals surface area contributed by atoms with E-state index in [-0.39, 0.29) is 29.6 Å². The number of amides is 2. The summed E-state index contributed by atoms with van der Waals surface area (Å²) in [7, 11) is 0. The number of aliphatic carboxylic acids is 2. The number of rotatable bonds is 14. The molecule has 0 fully saturated rings. The minimum atomic E-state index is -1.23. The Bertz CT molecular complexity index is 556. The highest BCUT2D eigenvalue weighted by Gasteiger charge is 2.23. The van der Waals surface area contributed by atoms with Gasteiger partial charge in [-0.3, -0.25) is 24.0 Å². The van der Waals surface area contributed by atoms with Gasteiger partial charge in [0.05, 0.1) is 0 Å². The van der Waals surface area contributed by atoms with Gasteiger partial charge in [-0.05, 0) is 6.42 Å². The van der Waals surface area contributed by atoms with Crippen LogP contribution in [0.4, 0.5) is 0 Å². The minimum Gasteiger partial charge on any atom is -0.480 e. The lowest BCUT2D eigenvalue weighted by Gasteiger charge is -2.20. The van der Waals surface area contributed by atoms with E-state index in [4.69, 9.17) is 15.9 Å². The number of carbonyl (C=O) groups excluding carboxylic acids is 3. The molecule has 0 radical (unpaired) electrons. The Hall–Kier alpha value is -2.14. The number of carboxylic acids is 2. The molecule has 0 aliphatic heterocycles. The molecule has 2 amide bonds. The number of carboxylic acid groups (broad SMARTS) is 2. The predicted octanol–water partition coefficient (Wildman–Crippen LogP) is -0.645. The summed E-state index contributed by atoms with van der Waals surface area (Å²) in [4.78, 5) is 56.8. The van der Waals surface area contributed by atoms with Gasteiger partial charge in [-0.1, -0.05) is 13.8 Å².